The van der Waals surface area contributed by atoms with Gasteiger partial charge in [-0.1, -0.05) is 5.16 Å². The molecule has 0 amide bonds. The maximum Gasteiger partial charge on any atom is 0.118 e. The van der Waals surface area contributed by atoms with Crippen molar-refractivity contribution in [1.29, 1.82) is 0 Å². The first kappa shape index (κ1) is 14.1. The minimum absolute atomic E-state index is 0.399. The van der Waals surface area contributed by atoms with Crippen LogP contribution in [-0.4, -0.2) is 18.0 Å². The molecule has 118 valence electrons. The van der Waals surface area contributed by atoms with Gasteiger partial charge < -0.3 is 9.94 Å². The summed E-state index contributed by atoms with van der Waals surface area (Å²) in [5.74, 6) is 3.64. The predicted octanol–water partition coefficient (Wildman–Crippen LogP) is 4.48. The van der Waals surface area contributed by atoms with Crippen molar-refractivity contribution in [3.05, 3.63) is 29.8 Å². The predicted molar refractivity (Wildman–Crippen MR) is 86.5 cm³/mol. The lowest BCUT2D eigenvalue weighted by molar-refractivity contribution is -0.0483. The lowest BCUT2D eigenvalue weighted by Crippen LogP contribution is -2.46. The number of hydrogen-bond acceptors (Lipinski definition) is 3. The summed E-state index contributed by atoms with van der Waals surface area (Å²) in [6, 6.07) is 7.91. The summed E-state index contributed by atoms with van der Waals surface area (Å²) in [7, 11) is 1.67. The van der Waals surface area contributed by atoms with Crippen LogP contribution in [0.5, 0.6) is 5.75 Å². The first-order valence-electron chi connectivity index (χ1n) is 8.55. The molecule has 0 saturated heterocycles. The maximum absolute atomic E-state index is 9.56. The highest BCUT2D eigenvalue weighted by atomic mass is 16.5. The Bertz CT molecular complexity index is 540. The molecular weight excluding hydrogens is 274 g/mol. The number of benzene rings is 1. The van der Waals surface area contributed by atoms with Crippen LogP contribution in [0.25, 0.3) is 0 Å². The van der Waals surface area contributed by atoms with E-state index in [1.165, 1.54) is 38.5 Å². The molecular formula is C19H25NO2. The van der Waals surface area contributed by atoms with Crippen molar-refractivity contribution >= 4 is 5.71 Å². The van der Waals surface area contributed by atoms with Crippen LogP contribution >= 0.6 is 0 Å². The summed E-state index contributed by atoms with van der Waals surface area (Å²) < 4.78 is 5.21. The maximum atomic E-state index is 9.56. The SMILES string of the molecule is COc1ccc(C(CC23CC4CC(CC(C4)C2)C3)=NO)cc1. The van der Waals surface area contributed by atoms with Gasteiger partial charge in [0.25, 0.3) is 0 Å². The number of hydrogen-bond donors (Lipinski definition) is 1. The van der Waals surface area contributed by atoms with Crippen LogP contribution in [0, 0.1) is 23.2 Å². The zero-order valence-electron chi connectivity index (χ0n) is 13.3. The molecule has 4 aliphatic rings. The van der Waals surface area contributed by atoms with Crippen LogP contribution < -0.4 is 4.74 Å². The molecule has 4 saturated carbocycles. The van der Waals surface area contributed by atoms with Gasteiger partial charge >= 0.3 is 0 Å². The van der Waals surface area contributed by atoms with Crippen LogP contribution in [0.2, 0.25) is 0 Å². The van der Waals surface area contributed by atoms with E-state index in [0.717, 1.165) is 41.2 Å². The van der Waals surface area contributed by atoms with Crippen molar-refractivity contribution in [3.63, 3.8) is 0 Å². The van der Waals surface area contributed by atoms with Crippen LogP contribution in [0.3, 0.4) is 0 Å². The number of methoxy groups -OCH3 is 1. The number of oxime groups is 1. The normalized spacial score (nSPS) is 36.6. The molecule has 0 radical (unpaired) electrons. The second kappa shape index (κ2) is 5.29. The Balaban J connectivity index is 1.55. The molecule has 1 N–H and O–H groups in total. The Morgan fingerprint density at radius 2 is 1.64 bits per heavy atom. The van der Waals surface area contributed by atoms with Gasteiger partial charge in [0.2, 0.25) is 0 Å². The fourth-order valence-corrected chi connectivity index (χ4v) is 5.84. The molecule has 0 heterocycles. The van der Waals surface area contributed by atoms with E-state index in [9.17, 15) is 5.21 Å². The summed E-state index contributed by atoms with van der Waals surface area (Å²) in [6.45, 7) is 0. The largest absolute Gasteiger partial charge is 0.497 e. The van der Waals surface area contributed by atoms with Gasteiger partial charge in [-0.25, -0.2) is 0 Å². The topological polar surface area (TPSA) is 41.8 Å². The molecule has 0 aliphatic heterocycles. The second-order valence-corrected chi connectivity index (χ2v) is 7.87. The number of ether oxygens (including phenoxy) is 1. The molecule has 22 heavy (non-hydrogen) atoms. The van der Waals surface area contributed by atoms with Crippen LogP contribution in [0.15, 0.2) is 29.4 Å². The molecule has 3 nitrogen and oxygen atoms in total. The average Bonchev–Trinajstić information content (AvgIpc) is 2.51. The molecule has 1 aromatic rings. The fourth-order valence-electron chi connectivity index (χ4n) is 5.84. The van der Waals surface area contributed by atoms with Crippen molar-refractivity contribution in [3.8, 4) is 5.75 Å². The van der Waals surface area contributed by atoms with Crippen molar-refractivity contribution in [1.82, 2.24) is 0 Å². The Hall–Kier alpha value is -1.51. The van der Waals surface area contributed by atoms with Crippen LogP contribution in [0.1, 0.15) is 50.5 Å². The van der Waals surface area contributed by atoms with Crippen LogP contribution in [0.4, 0.5) is 0 Å². The van der Waals surface area contributed by atoms with E-state index >= 15 is 0 Å². The molecule has 0 aromatic heterocycles. The number of rotatable bonds is 4. The highest BCUT2D eigenvalue weighted by molar-refractivity contribution is 6.00. The van der Waals surface area contributed by atoms with Gasteiger partial charge in [-0.05, 0) is 97.9 Å². The zero-order valence-corrected chi connectivity index (χ0v) is 13.3. The molecule has 5 rings (SSSR count). The van der Waals surface area contributed by atoms with Crippen molar-refractivity contribution < 1.29 is 9.94 Å². The van der Waals surface area contributed by atoms with Gasteiger partial charge in [-0.3, -0.25) is 0 Å². The molecule has 4 aliphatic carbocycles. The van der Waals surface area contributed by atoms with Crippen molar-refractivity contribution in [2.24, 2.45) is 28.3 Å². The highest BCUT2D eigenvalue weighted by Gasteiger charge is 2.51. The average molecular weight is 299 g/mol. The van der Waals surface area contributed by atoms with Crippen molar-refractivity contribution in [2.45, 2.75) is 44.9 Å². The Morgan fingerprint density at radius 1 is 1.09 bits per heavy atom. The Kier molecular flexibility index (Phi) is 3.39. The van der Waals surface area contributed by atoms with E-state index in [-0.39, 0.29) is 0 Å². The fraction of sp³-hybridized carbons (Fsp3) is 0.632. The molecule has 4 fully saturated rings. The Labute approximate surface area is 132 Å². The smallest absolute Gasteiger partial charge is 0.118 e. The summed E-state index contributed by atoms with van der Waals surface area (Å²) in [5.41, 5.74) is 2.28. The van der Waals surface area contributed by atoms with E-state index in [2.05, 4.69) is 5.16 Å². The Morgan fingerprint density at radius 3 is 2.09 bits per heavy atom. The summed E-state index contributed by atoms with van der Waals surface area (Å²) in [6.07, 6.45) is 9.31. The van der Waals surface area contributed by atoms with E-state index in [1.807, 2.05) is 24.3 Å². The zero-order chi connectivity index (χ0) is 15.2. The summed E-state index contributed by atoms with van der Waals surface area (Å²) in [5, 5.41) is 13.2. The molecule has 0 spiro atoms. The van der Waals surface area contributed by atoms with Gasteiger partial charge in [0.05, 0.1) is 12.8 Å². The van der Waals surface area contributed by atoms with Crippen molar-refractivity contribution in [2.75, 3.05) is 7.11 Å². The number of nitrogens with zero attached hydrogens (tertiary/aromatic N) is 1. The molecule has 0 unspecified atom stereocenters. The van der Waals surface area contributed by atoms with Gasteiger partial charge in [0.1, 0.15) is 5.75 Å². The third-order valence-corrected chi connectivity index (χ3v) is 6.25. The van der Waals surface area contributed by atoms with Gasteiger partial charge in [-0.2, -0.15) is 0 Å². The highest BCUT2D eigenvalue weighted by Crippen LogP contribution is 2.61. The first-order chi connectivity index (χ1) is 10.7. The third-order valence-electron chi connectivity index (χ3n) is 6.25. The monoisotopic (exact) mass is 299 g/mol. The lowest BCUT2D eigenvalue weighted by Gasteiger charge is -2.57. The summed E-state index contributed by atoms with van der Waals surface area (Å²) in [4.78, 5) is 0. The lowest BCUT2D eigenvalue weighted by atomic mass is 9.48. The van der Waals surface area contributed by atoms with E-state index in [1.54, 1.807) is 7.11 Å². The minimum Gasteiger partial charge on any atom is -0.497 e. The van der Waals surface area contributed by atoms with Gasteiger partial charge in [-0.15, -0.1) is 0 Å². The standard InChI is InChI=1S/C19H25NO2/c1-22-17-4-2-16(3-5-17)18(20-21)12-19-9-13-6-14(10-19)8-15(7-13)11-19/h2-5,13-15,21H,6-12H2,1H3. The molecule has 3 heteroatoms. The van der Waals surface area contributed by atoms with Crippen LogP contribution in [-0.2, 0) is 0 Å². The third kappa shape index (κ3) is 2.41. The second-order valence-electron chi connectivity index (χ2n) is 7.87. The first-order valence-corrected chi connectivity index (χ1v) is 8.55. The van der Waals surface area contributed by atoms with Gasteiger partial charge in [0.15, 0.2) is 0 Å². The van der Waals surface area contributed by atoms with E-state index in [0.29, 0.717) is 5.41 Å². The van der Waals surface area contributed by atoms with E-state index in [4.69, 9.17) is 4.74 Å². The molecule has 1 aromatic carbocycles. The summed E-state index contributed by atoms with van der Waals surface area (Å²) >= 11 is 0. The minimum atomic E-state index is 0.399. The quantitative estimate of drug-likeness (QED) is 0.506. The van der Waals surface area contributed by atoms with Gasteiger partial charge in [0, 0.05) is 0 Å². The molecule has 0 atom stereocenters. The molecule has 4 bridgehead atoms. The van der Waals surface area contributed by atoms with E-state index < -0.39 is 0 Å².